The van der Waals surface area contributed by atoms with Crippen LogP contribution in [0, 0.1) is 0 Å². The molecular weight excluding hydrogens is 238 g/mol. The maximum absolute atomic E-state index is 10.8. The van der Waals surface area contributed by atoms with Crippen molar-refractivity contribution in [3.8, 4) is 0 Å². The van der Waals surface area contributed by atoms with E-state index in [2.05, 4.69) is 13.5 Å². The lowest BCUT2D eigenvalue weighted by Gasteiger charge is -2.11. The van der Waals surface area contributed by atoms with Gasteiger partial charge in [-0.25, -0.2) is 4.79 Å². The molecular formula is C13H26ClNO2. The number of halogens is 1. The first-order valence-electron chi connectivity index (χ1n) is 6.29. The van der Waals surface area contributed by atoms with Crippen molar-refractivity contribution < 1.29 is 9.53 Å². The van der Waals surface area contributed by atoms with Gasteiger partial charge >= 0.3 is 5.97 Å². The van der Waals surface area contributed by atoms with E-state index >= 15 is 0 Å². The minimum absolute atomic E-state index is 0. The molecule has 0 aromatic rings. The Morgan fingerprint density at radius 2 is 1.76 bits per heavy atom. The van der Waals surface area contributed by atoms with Crippen LogP contribution >= 0.6 is 12.4 Å². The molecule has 0 aliphatic rings. The van der Waals surface area contributed by atoms with Crippen LogP contribution in [0.4, 0.5) is 0 Å². The molecule has 0 aliphatic heterocycles. The van der Waals surface area contributed by atoms with Crippen LogP contribution in [0.1, 0.15) is 58.3 Å². The molecule has 0 amide bonds. The normalized spacial score (nSPS) is 11.4. The molecule has 0 aliphatic carbocycles. The van der Waals surface area contributed by atoms with Gasteiger partial charge in [-0.1, -0.05) is 52.0 Å². The van der Waals surface area contributed by atoms with Gasteiger partial charge in [0.25, 0.3) is 0 Å². The quantitative estimate of drug-likeness (QED) is 0.284. The van der Waals surface area contributed by atoms with Gasteiger partial charge in [-0.15, -0.1) is 12.4 Å². The second-order valence-electron chi connectivity index (χ2n) is 4.09. The zero-order valence-electron chi connectivity index (χ0n) is 10.8. The fourth-order valence-electron chi connectivity index (χ4n) is 1.56. The van der Waals surface area contributed by atoms with Crippen molar-refractivity contribution in [3.05, 3.63) is 12.7 Å². The van der Waals surface area contributed by atoms with Gasteiger partial charge in [0.2, 0.25) is 0 Å². The summed E-state index contributed by atoms with van der Waals surface area (Å²) < 4.78 is 4.87. The largest absolute Gasteiger partial charge is 0.444 e. The van der Waals surface area contributed by atoms with E-state index in [1.807, 2.05) is 0 Å². The number of hydrogen-bond acceptors (Lipinski definition) is 3. The number of nitrogens with two attached hydrogens (primary N) is 1. The molecule has 1 atom stereocenters. The Balaban J connectivity index is 0. The number of carbonyl (C=O) groups excluding carboxylic acids is 1. The highest BCUT2D eigenvalue weighted by Gasteiger charge is 2.05. The van der Waals surface area contributed by atoms with Crippen LogP contribution < -0.4 is 5.73 Å². The van der Waals surface area contributed by atoms with Crippen molar-refractivity contribution in [1.82, 2.24) is 0 Å². The maximum atomic E-state index is 10.8. The monoisotopic (exact) mass is 263 g/mol. The van der Waals surface area contributed by atoms with Crippen LogP contribution in [-0.4, -0.2) is 12.2 Å². The zero-order chi connectivity index (χ0) is 12.2. The lowest BCUT2D eigenvalue weighted by molar-refractivity contribution is -0.143. The highest BCUT2D eigenvalue weighted by Crippen LogP contribution is 2.09. The van der Waals surface area contributed by atoms with Crippen molar-refractivity contribution >= 4 is 18.4 Å². The van der Waals surface area contributed by atoms with Gasteiger partial charge in [0, 0.05) is 6.08 Å². The summed E-state index contributed by atoms with van der Waals surface area (Å²) in [6.45, 7) is 5.54. The van der Waals surface area contributed by atoms with Gasteiger partial charge in [-0.2, -0.15) is 0 Å². The minimum Gasteiger partial charge on any atom is -0.444 e. The molecule has 4 heteroatoms. The molecule has 0 fully saturated rings. The summed E-state index contributed by atoms with van der Waals surface area (Å²) in [4.78, 5) is 10.8. The number of hydrogen-bond donors (Lipinski definition) is 1. The topological polar surface area (TPSA) is 52.3 Å². The fourth-order valence-corrected chi connectivity index (χ4v) is 1.56. The highest BCUT2D eigenvalue weighted by atomic mass is 35.5. The zero-order valence-corrected chi connectivity index (χ0v) is 11.6. The van der Waals surface area contributed by atoms with Crippen LogP contribution in [-0.2, 0) is 9.53 Å². The third-order valence-electron chi connectivity index (χ3n) is 2.53. The second kappa shape index (κ2) is 13.5. The highest BCUT2D eigenvalue weighted by molar-refractivity contribution is 5.85. The molecule has 0 rings (SSSR count). The van der Waals surface area contributed by atoms with E-state index in [-0.39, 0.29) is 12.4 Å². The standard InChI is InChI=1S/C13H25NO2.ClH/c1-3-5-6-7-8-9-10-11-12(14)16-13(15)4-2;/h4,12H,2-3,5-11,14H2,1H3;1H. The molecule has 0 aromatic carbocycles. The summed E-state index contributed by atoms with van der Waals surface area (Å²) in [7, 11) is 0. The fraction of sp³-hybridized carbons (Fsp3) is 0.769. The Morgan fingerprint density at radius 3 is 2.29 bits per heavy atom. The Bertz CT molecular complexity index is 198. The molecule has 0 aromatic heterocycles. The SMILES string of the molecule is C=CC(=O)OC(N)CCCCCCCCC.Cl. The van der Waals surface area contributed by atoms with E-state index in [1.54, 1.807) is 0 Å². The predicted octanol–water partition coefficient (Wildman–Crippen LogP) is 3.56. The minimum atomic E-state index is -0.471. The lowest BCUT2D eigenvalue weighted by atomic mass is 10.1. The number of unbranched alkanes of at least 4 members (excludes halogenated alkanes) is 6. The summed E-state index contributed by atoms with van der Waals surface area (Å²) in [6, 6.07) is 0. The van der Waals surface area contributed by atoms with E-state index < -0.39 is 12.2 Å². The van der Waals surface area contributed by atoms with E-state index in [0.717, 1.165) is 18.9 Å². The van der Waals surface area contributed by atoms with Crippen LogP contribution in [0.15, 0.2) is 12.7 Å². The van der Waals surface area contributed by atoms with Crippen molar-refractivity contribution in [2.45, 2.75) is 64.5 Å². The van der Waals surface area contributed by atoms with Gasteiger partial charge in [-0.05, 0) is 12.8 Å². The van der Waals surface area contributed by atoms with Crippen molar-refractivity contribution in [3.63, 3.8) is 0 Å². The summed E-state index contributed by atoms with van der Waals surface area (Å²) in [5.74, 6) is -0.435. The van der Waals surface area contributed by atoms with E-state index in [9.17, 15) is 4.79 Å². The molecule has 0 bridgehead atoms. The van der Waals surface area contributed by atoms with Crippen LogP contribution in [0.25, 0.3) is 0 Å². The number of carbonyl (C=O) groups is 1. The molecule has 3 nitrogen and oxygen atoms in total. The van der Waals surface area contributed by atoms with Gasteiger partial charge < -0.3 is 4.74 Å². The van der Waals surface area contributed by atoms with Crippen LogP contribution in [0.5, 0.6) is 0 Å². The van der Waals surface area contributed by atoms with Crippen LogP contribution in [0.3, 0.4) is 0 Å². The second-order valence-corrected chi connectivity index (χ2v) is 4.09. The first kappa shape index (κ1) is 18.8. The first-order valence-corrected chi connectivity index (χ1v) is 6.29. The molecule has 1 unspecified atom stereocenters. The molecule has 102 valence electrons. The molecule has 0 saturated heterocycles. The Labute approximate surface area is 111 Å². The Kier molecular flexibility index (Phi) is 15.0. The molecule has 0 saturated carbocycles. The Morgan fingerprint density at radius 1 is 1.24 bits per heavy atom. The lowest BCUT2D eigenvalue weighted by Crippen LogP contribution is -2.26. The van der Waals surface area contributed by atoms with Gasteiger partial charge in [-0.3, -0.25) is 5.73 Å². The summed E-state index contributed by atoms with van der Waals surface area (Å²) in [5.41, 5.74) is 5.62. The molecule has 2 N–H and O–H groups in total. The van der Waals surface area contributed by atoms with Crippen LogP contribution in [0.2, 0.25) is 0 Å². The average molecular weight is 264 g/mol. The summed E-state index contributed by atoms with van der Waals surface area (Å²) in [6.07, 6.45) is 10.1. The maximum Gasteiger partial charge on any atom is 0.331 e. The van der Waals surface area contributed by atoms with E-state index in [0.29, 0.717) is 0 Å². The van der Waals surface area contributed by atoms with Crippen molar-refractivity contribution in [1.29, 1.82) is 0 Å². The summed E-state index contributed by atoms with van der Waals surface area (Å²) >= 11 is 0. The van der Waals surface area contributed by atoms with Crippen molar-refractivity contribution in [2.24, 2.45) is 5.73 Å². The predicted molar refractivity (Wildman–Crippen MR) is 74.1 cm³/mol. The van der Waals surface area contributed by atoms with Crippen molar-refractivity contribution in [2.75, 3.05) is 0 Å². The molecule has 0 heterocycles. The van der Waals surface area contributed by atoms with Gasteiger partial charge in [0.05, 0.1) is 0 Å². The Hall–Kier alpha value is -0.540. The molecule has 17 heavy (non-hydrogen) atoms. The van der Waals surface area contributed by atoms with E-state index in [1.165, 1.54) is 38.5 Å². The number of esters is 1. The molecule has 0 spiro atoms. The first-order chi connectivity index (χ1) is 7.70. The average Bonchev–Trinajstić information content (AvgIpc) is 2.27. The van der Waals surface area contributed by atoms with Gasteiger partial charge in [0.15, 0.2) is 6.23 Å². The number of rotatable bonds is 10. The molecule has 0 radical (unpaired) electrons. The summed E-state index contributed by atoms with van der Waals surface area (Å²) in [5, 5.41) is 0. The smallest absolute Gasteiger partial charge is 0.331 e. The van der Waals surface area contributed by atoms with E-state index in [4.69, 9.17) is 10.5 Å². The third-order valence-corrected chi connectivity index (χ3v) is 2.53. The third kappa shape index (κ3) is 13.4. The van der Waals surface area contributed by atoms with Gasteiger partial charge in [0.1, 0.15) is 0 Å². The number of ether oxygens (including phenoxy) is 1.